The van der Waals surface area contributed by atoms with E-state index in [2.05, 4.69) is 17.3 Å². The van der Waals surface area contributed by atoms with Crippen molar-refractivity contribution in [3.8, 4) is 0 Å². The van der Waals surface area contributed by atoms with Crippen LogP contribution in [0.5, 0.6) is 0 Å². The van der Waals surface area contributed by atoms with Gasteiger partial charge >= 0.3 is 0 Å². The number of nitrogens with zero attached hydrogens (tertiary/aromatic N) is 1. The van der Waals surface area contributed by atoms with Crippen LogP contribution in [0.4, 0.5) is 0 Å². The SMILES string of the molecule is CCCc1nc(COC2CCCC2CN)cs1. The average Bonchev–Trinajstić information content (AvgIpc) is 2.95. The predicted octanol–water partition coefficient (Wildman–Crippen LogP) is 2.74. The fourth-order valence-corrected chi connectivity index (χ4v) is 3.31. The van der Waals surface area contributed by atoms with Crippen molar-refractivity contribution < 1.29 is 4.74 Å². The first kappa shape index (κ1) is 13.0. The normalized spacial score (nSPS) is 24.4. The molecule has 2 atom stereocenters. The third-order valence-corrected chi connectivity index (χ3v) is 4.36. The summed E-state index contributed by atoms with van der Waals surface area (Å²) >= 11 is 1.75. The van der Waals surface area contributed by atoms with Gasteiger partial charge in [0.25, 0.3) is 0 Å². The van der Waals surface area contributed by atoms with E-state index in [0.717, 1.165) is 31.5 Å². The monoisotopic (exact) mass is 254 g/mol. The fraction of sp³-hybridized carbons (Fsp3) is 0.769. The second-order valence-corrected chi connectivity index (χ2v) is 5.70. The minimum Gasteiger partial charge on any atom is -0.372 e. The Kier molecular flexibility index (Phi) is 4.95. The molecule has 0 amide bonds. The summed E-state index contributed by atoms with van der Waals surface area (Å²) in [4.78, 5) is 4.57. The van der Waals surface area contributed by atoms with Crippen LogP contribution >= 0.6 is 11.3 Å². The van der Waals surface area contributed by atoms with Crippen molar-refractivity contribution >= 4 is 11.3 Å². The molecule has 2 unspecified atom stereocenters. The van der Waals surface area contributed by atoms with Crippen molar-refractivity contribution in [3.63, 3.8) is 0 Å². The maximum atomic E-state index is 5.95. The van der Waals surface area contributed by atoms with Crippen LogP contribution in [0.2, 0.25) is 0 Å². The standard InChI is InChI=1S/C13H22N2OS/c1-2-4-13-15-11(9-17-13)8-16-12-6-3-5-10(12)7-14/h9-10,12H,2-8,14H2,1H3. The summed E-state index contributed by atoms with van der Waals surface area (Å²) in [5.74, 6) is 0.559. The van der Waals surface area contributed by atoms with Crippen molar-refractivity contribution in [2.45, 2.75) is 51.7 Å². The molecule has 1 saturated carbocycles. The van der Waals surface area contributed by atoms with Crippen LogP contribution in [-0.4, -0.2) is 17.6 Å². The number of nitrogens with two attached hydrogens (primary N) is 1. The highest BCUT2D eigenvalue weighted by Crippen LogP contribution is 2.28. The molecule has 2 rings (SSSR count). The van der Waals surface area contributed by atoms with Crippen molar-refractivity contribution in [1.82, 2.24) is 4.98 Å². The summed E-state index contributed by atoms with van der Waals surface area (Å²) in [5.41, 5.74) is 6.83. The lowest BCUT2D eigenvalue weighted by Crippen LogP contribution is -2.25. The molecule has 1 aromatic rings. The van der Waals surface area contributed by atoms with Gasteiger partial charge in [0.05, 0.1) is 23.4 Å². The molecular formula is C13H22N2OS. The lowest BCUT2D eigenvalue weighted by atomic mass is 10.1. The van der Waals surface area contributed by atoms with Crippen LogP contribution in [0.1, 0.15) is 43.3 Å². The molecule has 1 heterocycles. The topological polar surface area (TPSA) is 48.1 Å². The zero-order valence-corrected chi connectivity index (χ0v) is 11.3. The van der Waals surface area contributed by atoms with Crippen LogP contribution in [0, 0.1) is 5.92 Å². The van der Waals surface area contributed by atoms with E-state index in [0.29, 0.717) is 18.6 Å². The van der Waals surface area contributed by atoms with E-state index < -0.39 is 0 Å². The summed E-state index contributed by atoms with van der Waals surface area (Å²) in [5, 5.41) is 3.35. The largest absolute Gasteiger partial charge is 0.372 e. The maximum Gasteiger partial charge on any atom is 0.0929 e. The van der Waals surface area contributed by atoms with Gasteiger partial charge in [-0.25, -0.2) is 4.98 Å². The van der Waals surface area contributed by atoms with Gasteiger partial charge in [-0.2, -0.15) is 0 Å². The Morgan fingerprint density at radius 3 is 3.18 bits per heavy atom. The molecule has 0 radical (unpaired) electrons. The number of thiazole rings is 1. The first-order chi connectivity index (χ1) is 8.33. The Labute approximate surface area is 107 Å². The minimum atomic E-state index is 0.358. The second kappa shape index (κ2) is 6.47. The Bertz CT molecular complexity index is 340. The molecule has 0 spiro atoms. The summed E-state index contributed by atoms with van der Waals surface area (Å²) in [6.07, 6.45) is 6.24. The van der Waals surface area contributed by atoms with Crippen molar-refractivity contribution in [3.05, 3.63) is 16.1 Å². The van der Waals surface area contributed by atoms with Crippen molar-refractivity contribution in [1.29, 1.82) is 0 Å². The van der Waals surface area contributed by atoms with Gasteiger partial charge in [-0.1, -0.05) is 13.3 Å². The van der Waals surface area contributed by atoms with E-state index in [4.69, 9.17) is 10.5 Å². The molecule has 0 saturated heterocycles. The van der Waals surface area contributed by atoms with E-state index in [1.54, 1.807) is 11.3 Å². The molecule has 4 heteroatoms. The second-order valence-electron chi connectivity index (χ2n) is 4.76. The smallest absolute Gasteiger partial charge is 0.0929 e. The third-order valence-electron chi connectivity index (χ3n) is 3.40. The molecule has 17 heavy (non-hydrogen) atoms. The molecule has 1 fully saturated rings. The highest BCUT2D eigenvalue weighted by Gasteiger charge is 2.26. The Morgan fingerprint density at radius 2 is 2.41 bits per heavy atom. The fourth-order valence-electron chi connectivity index (χ4n) is 2.43. The highest BCUT2D eigenvalue weighted by molar-refractivity contribution is 7.09. The Morgan fingerprint density at radius 1 is 1.53 bits per heavy atom. The average molecular weight is 254 g/mol. The number of hydrogen-bond donors (Lipinski definition) is 1. The molecule has 3 nitrogen and oxygen atoms in total. The number of aromatic nitrogens is 1. The number of ether oxygens (including phenoxy) is 1. The summed E-state index contributed by atoms with van der Waals surface area (Å²) in [7, 11) is 0. The molecular weight excluding hydrogens is 232 g/mol. The molecule has 96 valence electrons. The van der Waals surface area contributed by atoms with Crippen molar-refractivity contribution in [2.75, 3.05) is 6.54 Å². The zero-order chi connectivity index (χ0) is 12.1. The van der Waals surface area contributed by atoms with E-state index in [1.165, 1.54) is 17.8 Å². The predicted molar refractivity (Wildman–Crippen MR) is 71.1 cm³/mol. The van der Waals surface area contributed by atoms with Gasteiger partial charge in [-0.15, -0.1) is 11.3 Å². The summed E-state index contributed by atoms with van der Waals surface area (Å²) in [6.45, 7) is 3.59. The number of aryl methyl sites for hydroxylation is 1. The Hall–Kier alpha value is -0.450. The molecule has 0 bridgehead atoms. The Balaban J connectivity index is 1.80. The first-order valence-corrected chi connectivity index (χ1v) is 7.46. The minimum absolute atomic E-state index is 0.358. The summed E-state index contributed by atoms with van der Waals surface area (Å²) in [6, 6.07) is 0. The van der Waals surface area contributed by atoms with E-state index in [1.807, 2.05) is 0 Å². The van der Waals surface area contributed by atoms with Crippen LogP contribution in [0.3, 0.4) is 0 Å². The molecule has 0 aromatic carbocycles. The van der Waals surface area contributed by atoms with Gasteiger partial charge in [0.15, 0.2) is 0 Å². The van der Waals surface area contributed by atoms with E-state index >= 15 is 0 Å². The van der Waals surface area contributed by atoms with Gasteiger partial charge in [0, 0.05) is 5.38 Å². The van der Waals surface area contributed by atoms with Gasteiger partial charge < -0.3 is 10.5 Å². The van der Waals surface area contributed by atoms with Gasteiger partial charge in [0.1, 0.15) is 0 Å². The van der Waals surface area contributed by atoms with E-state index in [9.17, 15) is 0 Å². The lowest BCUT2D eigenvalue weighted by molar-refractivity contribution is 0.0168. The van der Waals surface area contributed by atoms with Gasteiger partial charge in [-0.3, -0.25) is 0 Å². The maximum absolute atomic E-state index is 5.95. The van der Waals surface area contributed by atoms with Gasteiger partial charge in [-0.05, 0) is 38.1 Å². The summed E-state index contributed by atoms with van der Waals surface area (Å²) < 4.78 is 5.95. The highest BCUT2D eigenvalue weighted by atomic mass is 32.1. The molecule has 1 aromatic heterocycles. The van der Waals surface area contributed by atoms with Crippen molar-refractivity contribution in [2.24, 2.45) is 11.7 Å². The van der Waals surface area contributed by atoms with Crippen LogP contribution in [0.15, 0.2) is 5.38 Å². The third kappa shape index (κ3) is 3.50. The quantitative estimate of drug-likeness (QED) is 0.849. The van der Waals surface area contributed by atoms with Gasteiger partial charge in [0.2, 0.25) is 0 Å². The molecule has 1 aliphatic carbocycles. The molecule has 1 aliphatic rings. The number of hydrogen-bond acceptors (Lipinski definition) is 4. The van der Waals surface area contributed by atoms with Crippen LogP contribution in [0.25, 0.3) is 0 Å². The zero-order valence-electron chi connectivity index (χ0n) is 10.5. The molecule has 0 aliphatic heterocycles. The van der Waals surface area contributed by atoms with E-state index in [-0.39, 0.29) is 0 Å². The van der Waals surface area contributed by atoms with Crippen LogP contribution in [-0.2, 0) is 17.8 Å². The van der Waals surface area contributed by atoms with Crippen LogP contribution < -0.4 is 5.73 Å². The molecule has 2 N–H and O–H groups in total. The first-order valence-electron chi connectivity index (χ1n) is 6.58. The number of rotatable bonds is 6. The lowest BCUT2D eigenvalue weighted by Gasteiger charge is -2.17.